The SMILES string of the molecule is CC(C)CN1CCN(C(=O)CCN2C(=O)COc3ccccc32)CC1. The Labute approximate surface area is 149 Å². The number of ether oxygens (including phenoxy) is 1. The second-order valence-corrected chi connectivity index (χ2v) is 7.13. The fraction of sp³-hybridized carbons (Fsp3) is 0.579. The molecular weight excluding hydrogens is 318 g/mol. The van der Waals surface area contributed by atoms with Gasteiger partial charge in [-0.2, -0.15) is 0 Å². The lowest BCUT2D eigenvalue weighted by atomic mass is 10.2. The van der Waals surface area contributed by atoms with Crippen LogP contribution in [-0.2, 0) is 9.59 Å². The second-order valence-electron chi connectivity index (χ2n) is 7.13. The quantitative estimate of drug-likeness (QED) is 0.813. The standard InChI is InChI=1S/C19H27N3O3/c1-15(2)13-20-9-11-21(12-10-20)18(23)7-8-22-16-5-3-4-6-17(16)25-14-19(22)24/h3-6,15H,7-14H2,1-2H3. The van der Waals surface area contributed by atoms with Crippen molar-refractivity contribution >= 4 is 17.5 Å². The second kappa shape index (κ2) is 7.87. The van der Waals surface area contributed by atoms with Gasteiger partial charge >= 0.3 is 0 Å². The number of fused-ring (bicyclic) bond motifs is 1. The first-order valence-corrected chi connectivity index (χ1v) is 9.07. The van der Waals surface area contributed by atoms with E-state index in [0.717, 1.165) is 38.4 Å². The minimum atomic E-state index is -0.0896. The molecule has 2 amide bonds. The first-order chi connectivity index (χ1) is 12.0. The van der Waals surface area contributed by atoms with Crippen molar-refractivity contribution in [2.75, 3.05) is 50.8 Å². The van der Waals surface area contributed by atoms with E-state index in [-0.39, 0.29) is 18.4 Å². The Hall–Kier alpha value is -2.08. The largest absolute Gasteiger partial charge is 0.482 e. The summed E-state index contributed by atoms with van der Waals surface area (Å²) in [6.07, 6.45) is 0.351. The molecule has 0 spiro atoms. The van der Waals surface area contributed by atoms with Crippen LogP contribution >= 0.6 is 0 Å². The van der Waals surface area contributed by atoms with Crippen molar-refractivity contribution in [1.82, 2.24) is 9.80 Å². The number of nitrogens with zero attached hydrogens (tertiary/aromatic N) is 3. The van der Waals surface area contributed by atoms with E-state index in [9.17, 15) is 9.59 Å². The van der Waals surface area contributed by atoms with Gasteiger partial charge in [-0.15, -0.1) is 0 Å². The van der Waals surface area contributed by atoms with Crippen molar-refractivity contribution in [2.24, 2.45) is 5.92 Å². The molecule has 0 bridgehead atoms. The fourth-order valence-corrected chi connectivity index (χ4v) is 3.46. The van der Waals surface area contributed by atoms with E-state index in [1.807, 2.05) is 29.2 Å². The summed E-state index contributed by atoms with van der Waals surface area (Å²) in [4.78, 5) is 30.7. The summed E-state index contributed by atoms with van der Waals surface area (Å²) in [5.41, 5.74) is 0.758. The van der Waals surface area contributed by atoms with Crippen LogP contribution in [0.2, 0.25) is 0 Å². The highest BCUT2D eigenvalue weighted by Crippen LogP contribution is 2.31. The van der Waals surface area contributed by atoms with Gasteiger partial charge in [0.2, 0.25) is 5.91 Å². The highest BCUT2D eigenvalue weighted by Gasteiger charge is 2.27. The molecule has 6 heteroatoms. The zero-order valence-electron chi connectivity index (χ0n) is 15.1. The molecule has 25 heavy (non-hydrogen) atoms. The predicted molar refractivity (Wildman–Crippen MR) is 96.8 cm³/mol. The normalized spacial score (nSPS) is 18.3. The van der Waals surface area contributed by atoms with Gasteiger partial charge in [-0.3, -0.25) is 14.5 Å². The summed E-state index contributed by atoms with van der Waals surface area (Å²) < 4.78 is 5.44. The minimum Gasteiger partial charge on any atom is -0.482 e. The number of piperazine rings is 1. The number of rotatable bonds is 5. The first-order valence-electron chi connectivity index (χ1n) is 9.07. The molecule has 0 unspecified atom stereocenters. The van der Waals surface area contributed by atoms with E-state index in [1.54, 1.807) is 4.90 Å². The van der Waals surface area contributed by atoms with Gasteiger partial charge in [-0.25, -0.2) is 0 Å². The van der Waals surface area contributed by atoms with Crippen LogP contribution in [0.3, 0.4) is 0 Å². The van der Waals surface area contributed by atoms with Gasteiger partial charge in [0.1, 0.15) is 5.75 Å². The van der Waals surface area contributed by atoms with Crippen molar-refractivity contribution in [1.29, 1.82) is 0 Å². The van der Waals surface area contributed by atoms with Crippen LogP contribution < -0.4 is 9.64 Å². The molecule has 0 radical (unpaired) electrons. The van der Waals surface area contributed by atoms with E-state index < -0.39 is 0 Å². The van der Waals surface area contributed by atoms with Crippen molar-refractivity contribution in [3.05, 3.63) is 24.3 Å². The van der Waals surface area contributed by atoms with Crippen LogP contribution in [0.5, 0.6) is 5.75 Å². The molecule has 2 aliphatic heterocycles. The van der Waals surface area contributed by atoms with Gasteiger partial charge in [0.15, 0.2) is 6.61 Å². The third-order valence-electron chi connectivity index (χ3n) is 4.71. The van der Waals surface area contributed by atoms with E-state index in [2.05, 4.69) is 18.7 Å². The molecule has 1 saturated heterocycles. The van der Waals surface area contributed by atoms with E-state index >= 15 is 0 Å². The Bertz CT molecular complexity index is 624. The van der Waals surface area contributed by atoms with Gasteiger partial charge in [-0.05, 0) is 18.1 Å². The Morgan fingerprint density at radius 1 is 1.16 bits per heavy atom. The minimum absolute atomic E-state index is 0.0408. The van der Waals surface area contributed by atoms with Crippen LogP contribution in [0.25, 0.3) is 0 Å². The molecule has 136 valence electrons. The molecule has 1 fully saturated rings. The van der Waals surface area contributed by atoms with Crippen LogP contribution in [-0.4, -0.2) is 67.5 Å². The van der Waals surface area contributed by atoms with Crippen LogP contribution in [0.4, 0.5) is 5.69 Å². The number of hydrogen-bond acceptors (Lipinski definition) is 4. The molecule has 1 aromatic carbocycles. The topological polar surface area (TPSA) is 53.1 Å². The fourth-order valence-electron chi connectivity index (χ4n) is 3.46. The molecular formula is C19H27N3O3. The predicted octanol–water partition coefficient (Wildman–Crippen LogP) is 1.60. The zero-order valence-corrected chi connectivity index (χ0v) is 15.1. The van der Waals surface area contributed by atoms with Crippen LogP contribution in [0, 0.1) is 5.92 Å². The lowest BCUT2D eigenvalue weighted by Crippen LogP contribution is -2.50. The lowest BCUT2D eigenvalue weighted by Gasteiger charge is -2.36. The number of benzene rings is 1. The Morgan fingerprint density at radius 2 is 1.88 bits per heavy atom. The molecule has 0 saturated carbocycles. The van der Waals surface area contributed by atoms with Crippen LogP contribution in [0.15, 0.2) is 24.3 Å². The summed E-state index contributed by atoms with van der Waals surface area (Å²) in [7, 11) is 0. The maximum Gasteiger partial charge on any atom is 0.265 e. The maximum absolute atomic E-state index is 12.5. The molecule has 0 N–H and O–H groups in total. The molecule has 2 aliphatic rings. The van der Waals surface area contributed by atoms with Crippen LogP contribution in [0.1, 0.15) is 20.3 Å². The Morgan fingerprint density at radius 3 is 2.60 bits per heavy atom. The maximum atomic E-state index is 12.5. The highest BCUT2D eigenvalue weighted by atomic mass is 16.5. The Kier molecular flexibility index (Phi) is 5.58. The molecule has 3 rings (SSSR count). The summed E-state index contributed by atoms with van der Waals surface area (Å²) in [5.74, 6) is 1.39. The van der Waals surface area contributed by atoms with Crippen molar-refractivity contribution in [3.63, 3.8) is 0 Å². The third kappa shape index (κ3) is 4.31. The van der Waals surface area contributed by atoms with Gasteiger partial charge in [-0.1, -0.05) is 26.0 Å². The zero-order chi connectivity index (χ0) is 17.8. The number of para-hydroxylation sites is 2. The van der Waals surface area contributed by atoms with Gasteiger partial charge in [0.05, 0.1) is 5.69 Å². The molecule has 2 heterocycles. The highest BCUT2D eigenvalue weighted by molar-refractivity contribution is 5.98. The van der Waals surface area contributed by atoms with E-state index in [0.29, 0.717) is 24.6 Å². The molecule has 6 nitrogen and oxygen atoms in total. The number of anilines is 1. The monoisotopic (exact) mass is 345 g/mol. The van der Waals surface area contributed by atoms with Crippen molar-refractivity contribution < 1.29 is 14.3 Å². The van der Waals surface area contributed by atoms with Crippen molar-refractivity contribution in [2.45, 2.75) is 20.3 Å². The van der Waals surface area contributed by atoms with Gasteiger partial charge in [0.25, 0.3) is 5.91 Å². The van der Waals surface area contributed by atoms with E-state index in [4.69, 9.17) is 4.74 Å². The average molecular weight is 345 g/mol. The third-order valence-corrected chi connectivity index (χ3v) is 4.71. The summed E-state index contributed by atoms with van der Waals surface area (Å²) in [6, 6.07) is 7.48. The number of carbonyl (C=O) groups is 2. The lowest BCUT2D eigenvalue weighted by molar-refractivity contribution is -0.132. The molecule has 0 aromatic heterocycles. The van der Waals surface area contributed by atoms with Gasteiger partial charge < -0.3 is 14.5 Å². The average Bonchev–Trinajstić information content (AvgIpc) is 2.61. The van der Waals surface area contributed by atoms with Gasteiger partial charge in [0, 0.05) is 45.7 Å². The van der Waals surface area contributed by atoms with Crippen molar-refractivity contribution in [3.8, 4) is 5.75 Å². The molecule has 1 aromatic rings. The number of carbonyl (C=O) groups excluding carboxylic acids is 2. The summed E-state index contributed by atoms with van der Waals surface area (Å²) in [6.45, 7) is 9.39. The number of hydrogen-bond donors (Lipinski definition) is 0. The summed E-state index contributed by atoms with van der Waals surface area (Å²) in [5, 5.41) is 0. The molecule has 0 atom stereocenters. The smallest absolute Gasteiger partial charge is 0.265 e. The molecule has 0 aliphatic carbocycles. The first kappa shape index (κ1) is 17.7. The summed E-state index contributed by atoms with van der Waals surface area (Å²) >= 11 is 0. The Balaban J connectivity index is 1.52. The number of amides is 2. The van der Waals surface area contributed by atoms with E-state index in [1.165, 1.54) is 0 Å².